The number of benzene rings is 2. The van der Waals surface area contributed by atoms with E-state index in [-0.39, 0.29) is 5.41 Å². The van der Waals surface area contributed by atoms with Gasteiger partial charge in [0.2, 0.25) is 0 Å². The van der Waals surface area contributed by atoms with Crippen molar-refractivity contribution in [3.05, 3.63) is 71.8 Å². The van der Waals surface area contributed by atoms with Crippen molar-refractivity contribution in [1.82, 2.24) is 4.90 Å². The summed E-state index contributed by atoms with van der Waals surface area (Å²) < 4.78 is 0. The summed E-state index contributed by atoms with van der Waals surface area (Å²) in [6.07, 6.45) is 4.15. The first-order valence-corrected chi connectivity index (χ1v) is 8.63. The monoisotopic (exact) mass is 291 g/mol. The highest BCUT2D eigenvalue weighted by Gasteiger charge is 2.46. The van der Waals surface area contributed by atoms with Crippen LogP contribution in [0.3, 0.4) is 0 Å². The van der Waals surface area contributed by atoms with Crippen LogP contribution in [0.1, 0.15) is 37.3 Å². The second-order valence-corrected chi connectivity index (χ2v) is 7.17. The number of hydrogen-bond donors (Lipinski definition) is 0. The third-order valence-electron chi connectivity index (χ3n) is 6.06. The second kappa shape index (κ2) is 5.55. The Balaban J connectivity index is 1.82. The van der Waals surface area contributed by atoms with Gasteiger partial charge in [0.15, 0.2) is 0 Å². The molecule has 0 spiro atoms. The molecule has 1 heteroatoms. The molecule has 5 rings (SSSR count). The van der Waals surface area contributed by atoms with Crippen LogP contribution < -0.4 is 0 Å². The number of hydrogen-bond acceptors (Lipinski definition) is 1. The molecule has 2 aromatic carbocycles. The van der Waals surface area contributed by atoms with Crippen LogP contribution in [0.2, 0.25) is 0 Å². The third-order valence-corrected chi connectivity index (χ3v) is 6.06. The number of nitrogens with zero attached hydrogens (tertiary/aromatic N) is 1. The van der Waals surface area contributed by atoms with E-state index in [2.05, 4.69) is 72.5 Å². The molecule has 0 radical (unpaired) electrons. The van der Waals surface area contributed by atoms with E-state index in [0.29, 0.717) is 6.04 Å². The molecule has 2 aromatic rings. The molecule has 3 heterocycles. The third kappa shape index (κ3) is 2.19. The van der Waals surface area contributed by atoms with Crippen molar-refractivity contribution in [2.75, 3.05) is 13.1 Å². The van der Waals surface area contributed by atoms with Gasteiger partial charge in [-0.3, -0.25) is 4.90 Å². The molecule has 22 heavy (non-hydrogen) atoms. The molecule has 2 bridgehead atoms. The average Bonchev–Trinajstić information content (AvgIpc) is 2.63. The Hall–Kier alpha value is -1.60. The van der Waals surface area contributed by atoms with Crippen LogP contribution in [0.15, 0.2) is 60.7 Å². The summed E-state index contributed by atoms with van der Waals surface area (Å²) >= 11 is 0. The lowest BCUT2D eigenvalue weighted by Gasteiger charge is -2.53. The van der Waals surface area contributed by atoms with Gasteiger partial charge in [-0.1, -0.05) is 60.7 Å². The van der Waals surface area contributed by atoms with E-state index >= 15 is 0 Å². The zero-order valence-corrected chi connectivity index (χ0v) is 13.4. The predicted molar refractivity (Wildman–Crippen MR) is 92.0 cm³/mol. The van der Waals surface area contributed by atoms with Crippen LogP contribution in [-0.4, -0.2) is 24.0 Å². The van der Waals surface area contributed by atoms with E-state index in [9.17, 15) is 0 Å². The Morgan fingerprint density at radius 2 is 1.32 bits per heavy atom. The van der Waals surface area contributed by atoms with Crippen molar-refractivity contribution in [3.8, 4) is 0 Å². The molecule has 0 amide bonds. The predicted octanol–water partition coefficient (Wildman–Crippen LogP) is 4.48. The highest BCUT2D eigenvalue weighted by molar-refractivity contribution is 5.41. The summed E-state index contributed by atoms with van der Waals surface area (Å²) in [6, 6.07) is 22.9. The van der Waals surface area contributed by atoms with Crippen LogP contribution in [0.5, 0.6) is 0 Å². The zero-order valence-electron chi connectivity index (χ0n) is 13.4. The molecule has 3 aliphatic heterocycles. The standard InChI is InChI=1S/C21H25N/c1-21(18-8-4-2-5-9-18,19-10-6-3-7-11-19)20-16-17-12-14-22(20)15-13-17/h2-11,17,20H,12-16H2,1H3/t20-/m1/s1. The normalized spacial score (nSPS) is 27.8. The van der Waals surface area contributed by atoms with E-state index in [1.165, 1.54) is 43.5 Å². The van der Waals surface area contributed by atoms with Gasteiger partial charge in [0, 0.05) is 11.5 Å². The molecular formula is C21H25N. The molecule has 1 atom stereocenters. The smallest absolute Gasteiger partial charge is 0.0330 e. The summed E-state index contributed by atoms with van der Waals surface area (Å²) in [4.78, 5) is 2.75. The zero-order chi connectivity index (χ0) is 15.0. The van der Waals surface area contributed by atoms with Crippen LogP contribution >= 0.6 is 0 Å². The number of piperidine rings is 3. The quantitative estimate of drug-likeness (QED) is 0.806. The van der Waals surface area contributed by atoms with Gasteiger partial charge in [-0.05, 0) is 56.3 Å². The van der Waals surface area contributed by atoms with E-state index in [1.807, 2.05) is 0 Å². The van der Waals surface area contributed by atoms with Gasteiger partial charge in [-0.25, -0.2) is 0 Å². The fourth-order valence-corrected chi connectivity index (χ4v) is 4.69. The van der Waals surface area contributed by atoms with Crippen LogP contribution in [-0.2, 0) is 5.41 Å². The van der Waals surface area contributed by atoms with Crippen LogP contribution in [0.4, 0.5) is 0 Å². The fourth-order valence-electron chi connectivity index (χ4n) is 4.69. The molecule has 0 saturated carbocycles. The van der Waals surface area contributed by atoms with Gasteiger partial charge >= 0.3 is 0 Å². The number of fused-ring (bicyclic) bond motifs is 3. The van der Waals surface area contributed by atoms with Gasteiger partial charge in [-0.15, -0.1) is 0 Å². The summed E-state index contributed by atoms with van der Waals surface area (Å²) in [5.74, 6) is 0.932. The van der Waals surface area contributed by atoms with Crippen molar-refractivity contribution in [2.24, 2.45) is 5.92 Å². The SMILES string of the molecule is CC(c1ccccc1)(c1ccccc1)[C@H]1CC2CCN1CC2. The van der Waals surface area contributed by atoms with E-state index < -0.39 is 0 Å². The van der Waals surface area contributed by atoms with Crippen molar-refractivity contribution >= 4 is 0 Å². The minimum absolute atomic E-state index is 0.0849. The molecule has 3 aliphatic rings. The summed E-state index contributed by atoms with van der Waals surface area (Å²) in [7, 11) is 0. The molecule has 0 unspecified atom stereocenters. The Kier molecular flexibility index (Phi) is 3.54. The highest BCUT2D eigenvalue weighted by Crippen LogP contribution is 2.45. The lowest BCUT2D eigenvalue weighted by atomic mass is 9.64. The minimum Gasteiger partial charge on any atom is -0.299 e. The van der Waals surface area contributed by atoms with Crippen molar-refractivity contribution < 1.29 is 0 Å². The van der Waals surface area contributed by atoms with Gasteiger partial charge < -0.3 is 0 Å². The molecule has 0 aliphatic carbocycles. The van der Waals surface area contributed by atoms with Crippen LogP contribution in [0.25, 0.3) is 0 Å². The molecule has 0 N–H and O–H groups in total. The molecule has 1 nitrogen and oxygen atoms in total. The van der Waals surface area contributed by atoms with Gasteiger partial charge in [0.05, 0.1) is 0 Å². The first-order chi connectivity index (χ1) is 10.8. The van der Waals surface area contributed by atoms with Crippen molar-refractivity contribution in [3.63, 3.8) is 0 Å². The van der Waals surface area contributed by atoms with Crippen LogP contribution in [0, 0.1) is 5.92 Å². The molecule has 3 fully saturated rings. The Morgan fingerprint density at radius 3 is 1.73 bits per heavy atom. The van der Waals surface area contributed by atoms with Gasteiger partial charge in [0.25, 0.3) is 0 Å². The maximum absolute atomic E-state index is 2.75. The first-order valence-electron chi connectivity index (χ1n) is 8.63. The van der Waals surface area contributed by atoms with E-state index in [1.54, 1.807) is 0 Å². The summed E-state index contributed by atoms with van der Waals surface area (Å²) in [5, 5.41) is 0. The topological polar surface area (TPSA) is 3.24 Å². The molecular weight excluding hydrogens is 266 g/mol. The Bertz CT molecular complexity index is 571. The second-order valence-electron chi connectivity index (χ2n) is 7.17. The lowest BCUT2D eigenvalue weighted by molar-refractivity contribution is 0.0187. The van der Waals surface area contributed by atoms with E-state index in [4.69, 9.17) is 0 Å². The maximum atomic E-state index is 2.75. The lowest BCUT2D eigenvalue weighted by Crippen LogP contribution is -2.57. The summed E-state index contributed by atoms with van der Waals surface area (Å²) in [6.45, 7) is 5.03. The average molecular weight is 291 g/mol. The minimum atomic E-state index is 0.0849. The highest BCUT2D eigenvalue weighted by atomic mass is 15.2. The Labute approximate surface area is 134 Å². The van der Waals surface area contributed by atoms with Crippen molar-refractivity contribution in [1.29, 1.82) is 0 Å². The Morgan fingerprint density at radius 1 is 0.818 bits per heavy atom. The molecule has 114 valence electrons. The van der Waals surface area contributed by atoms with E-state index in [0.717, 1.165) is 5.92 Å². The molecule has 3 saturated heterocycles. The number of rotatable bonds is 3. The van der Waals surface area contributed by atoms with Gasteiger partial charge in [0.1, 0.15) is 0 Å². The summed E-state index contributed by atoms with van der Waals surface area (Å²) in [5.41, 5.74) is 3.00. The van der Waals surface area contributed by atoms with Crippen molar-refractivity contribution in [2.45, 2.75) is 37.6 Å². The largest absolute Gasteiger partial charge is 0.299 e. The first kappa shape index (κ1) is 14.0. The fraction of sp³-hybridized carbons (Fsp3) is 0.429. The maximum Gasteiger partial charge on any atom is 0.0330 e. The molecule has 0 aromatic heterocycles. The van der Waals surface area contributed by atoms with Gasteiger partial charge in [-0.2, -0.15) is 0 Å².